The Morgan fingerprint density at radius 3 is 2.75 bits per heavy atom. The minimum absolute atomic E-state index is 0.103. The molecule has 0 bridgehead atoms. The molecule has 0 heterocycles. The average Bonchev–Trinajstić information content (AvgIpc) is 2.56. The van der Waals surface area contributed by atoms with Crippen LogP contribution in [-0.2, 0) is 16.1 Å². The van der Waals surface area contributed by atoms with Crippen molar-refractivity contribution >= 4 is 18.3 Å². The van der Waals surface area contributed by atoms with Crippen LogP contribution >= 0.6 is 0 Å². The molecule has 1 amide bonds. The van der Waals surface area contributed by atoms with Gasteiger partial charge in [-0.05, 0) is 18.4 Å². The van der Waals surface area contributed by atoms with E-state index in [4.69, 9.17) is 10.5 Å². The highest BCUT2D eigenvalue weighted by Crippen LogP contribution is 2.01. The predicted molar refractivity (Wildman–Crippen MR) is 85.5 cm³/mol. The van der Waals surface area contributed by atoms with Gasteiger partial charge in [-0.1, -0.05) is 35.8 Å². The number of hydrogen-bond donors (Lipinski definition) is 3. The Morgan fingerprint density at radius 1 is 1.42 bits per heavy atom. The number of amides is 1. The summed E-state index contributed by atoms with van der Waals surface area (Å²) in [5.74, 6) is -0.321. The first kappa shape index (κ1) is 18.9. The summed E-state index contributed by atoms with van der Waals surface area (Å²) in [6.07, 6.45) is 0.599. The van der Waals surface area contributed by atoms with Gasteiger partial charge in [0.2, 0.25) is 0 Å². The molecule has 0 saturated heterocycles. The van der Waals surface area contributed by atoms with Crippen LogP contribution in [-0.4, -0.2) is 36.0 Å². The second kappa shape index (κ2) is 10.5. The van der Waals surface area contributed by atoms with Gasteiger partial charge in [0.15, 0.2) is 5.03 Å². The number of ether oxygens (including phenoxy) is 1. The van der Waals surface area contributed by atoms with E-state index in [2.05, 4.69) is 10.3 Å². The molecule has 0 aliphatic rings. The van der Waals surface area contributed by atoms with Crippen molar-refractivity contribution in [3.05, 3.63) is 46.0 Å². The zero-order chi connectivity index (χ0) is 17.8. The molecule has 10 nitrogen and oxygen atoms in total. The maximum Gasteiger partial charge on any atom is 0.408 e. The number of hydrogen-bond acceptors (Lipinski definition) is 6. The van der Waals surface area contributed by atoms with Crippen molar-refractivity contribution in [2.75, 3.05) is 6.54 Å². The molecule has 0 radical (unpaired) electrons. The Hall–Kier alpha value is -3.17. The molecule has 0 saturated carbocycles. The predicted octanol–water partition coefficient (Wildman–Crippen LogP) is 0.356. The van der Waals surface area contributed by atoms with Crippen LogP contribution in [0.4, 0.5) is 4.79 Å². The molecule has 10 heteroatoms. The molecule has 0 aliphatic heterocycles. The molecule has 0 aliphatic carbocycles. The van der Waals surface area contributed by atoms with Gasteiger partial charge in [-0.2, -0.15) is 0 Å². The summed E-state index contributed by atoms with van der Waals surface area (Å²) < 4.78 is 5.01. The number of nitrogens with one attached hydrogen (secondary N) is 2. The Morgan fingerprint density at radius 2 is 2.12 bits per heavy atom. The average molecular weight is 337 g/mol. The summed E-state index contributed by atoms with van der Waals surface area (Å²) in [6, 6.07) is 8.39. The van der Waals surface area contributed by atoms with Gasteiger partial charge in [-0.15, -0.1) is 0 Å². The highest BCUT2D eigenvalue weighted by molar-refractivity contribution is 5.76. The number of benzene rings is 1. The van der Waals surface area contributed by atoms with Crippen LogP contribution in [0, 0.1) is 10.1 Å². The van der Waals surface area contributed by atoms with Gasteiger partial charge in [0, 0.05) is 6.54 Å². The van der Waals surface area contributed by atoms with Crippen molar-refractivity contribution in [3.63, 3.8) is 0 Å². The Bertz CT molecular complexity index is 578. The van der Waals surface area contributed by atoms with Crippen molar-refractivity contribution in [1.82, 2.24) is 10.7 Å². The van der Waals surface area contributed by atoms with Gasteiger partial charge < -0.3 is 20.6 Å². The third-order valence-corrected chi connectivity index (χ3v) is 2.84. The molecule has 1 aromatic carbocycles. The minimum Gasteiger partial charge on any atom is -0.445 e. The van der Waals surface area contributed by atoms with Gasteiger partial charge in [0.05, 0.1) is 6.04 Å². The highest BCUT2D eigenvalue weighted by atomic mass is 16.7. The number of hydrazine groups is 1. The van der Waals surface area contributed by atoms with Crippen molar-refractivity contribution in [3.8, 4) is 0 Å². The van der Waals surface area contributed by atoms with Crippen molar-refractivity contribution in [2.24, 2.45) is 10.7 Å². The lowest BCUT2D eigenvalue weighted by molar-refractivity contribution is -0.525. The molecule has 130 valence electrons. The van der Waals surface area contributed by atoms with Crippen molar-refractivity contribution < 1.29 is 19.4 Å². The standard InChI is InChI=1S/C14H19N5O5/c15-13(18-19(22)23)16-8-4-7-12(9-20)17-14(21)24-10-11-5-2-1-3-6-11/h1-3,5-6,9,12H,4,7-8,10H2,(H,17,21)(H3,15,16,18)/t12-/m0/s1. The van der Waals surface area contributed by atoms with E-state index in [0.29, 0.717) is 19.1 Å². The Labute approximate surface area is 138 Å². The molecule has 0 unspecified atom stereocenters. The Kier molecular flexibility index (Phi) is 8.29. The lowest BCUT2D eigenvalue weighted by Crippen LogP contribution is -2.37. The van der Waals surface area contributed by atoms with Gasteiger partial charge in [-0.25, -0.2) is 19.9 Å². The molecule has 1 atom stereocenters. The van der Waals surface area contributed by atoms with Crippen molar-refractivity contribution in [1.29, 1.82) is 0 Å². The molecule has 1 aromatic rings. The molecule has 0 fully saturated rings. The molecule has 1 rings (SSSR count). The van der Waals surface area contributed by atoms with Gasteiger partial charge in [0.1, 0.15) is 12.9 Å². The summed E-state index contributed by atoms with van der Waals surface area (Å²) in [6.45, 7) is 0.281. The number of alkyl carbamates (subject to hydrolysis) is 1. The number of nitrogens with two attached hydrogens (primary N) is 1. The van der Waals surface area contributed by atoms with E-state index in [1.54, 1.807) is 5.43 Å². The maximum absolute atomic E-state index is 11.6. The van der Waals surface area contributed by atoms with E-state index in [1.807, 2.05) is 30.3 Å². The van der Waals surface area contributed by atoms with Gasteiger partial charge in [0.25, 0.3) is 5.96 Å². The number of guanidine groups is 1. The van der Waals surface area contributed by atoms with E-state index in [0.717, 1.165) is 5.56 Å². The quantitative estimate of drug-likeness (QED) is 0.147. The van der Waals surface area contributed by atoms with Gasteiger partial charge >= 0.3 is 6.09 Å². The number of nitrogens with zero attached hydrogens (tertiary/aromatic N) is 2. The summed E-state index contributed by atoms with van der Waals surface area (Å²) in [4.78, 5) is 36.4. The number of aldehydes is 1. The monoisotopic (exact) mass is 337 g/mol. The summed E-state index contributed by atoms with van der Waals surface area (Å²) in [5.41, 5.74) is 7.77. The first-order valence-electron chi connectivity index (χ1n) is 7.14. The highest BCUT2D eigenvalue weighted by Gasteiger charge is 2.12. The van der Waals surface area contributed by atoms with E-state index in [9.17, 15) is 19.7 Å². The second-order valence-corrected chi connectivity index (χ2v) is 4.73. The Balaban J connectivity index is 2.27. The van der Waals surface area contributed by atoms with E-state index in [-0.39, 0.29) is 19.1 Å². The first-order valence-corrected chi connectivity index (χ1v) is 7.14. The fourth-order valence-corrected chi connectivity index (χ4v) is 1.73. The smallest absolute Gasteiger partial charge is 0.408 e. The fourth-order valence-electron chi connectivity index (χ4n) is 1.73. The number of carbonyl (C=O) groups excluding carboxylic acids is 2. The number of rotatable bonds is 9. The van der Waals surface area contributed by atoms with E-state index in [1.165, 1.54) is 0 Å². The normalized spacial score (nSPS) is 12.1. The molecule has 0 aromatic heterocycles. The van der Waals surface area contributed by atoms with Crippen LogP contribution in [0.2, 0.25) is 0 Å². The largest absolute Gasteiger partial charge is 0.445 e. The topological polar surface area (TPSA) is 149 Å². The van der Waals surface area contributed by atoms with E-state index < -0.39 is 17.2 Å². The SMILES string of the molecule is NC(=NCCC[C@@H](C=O)NC(=O)OCc1ccccc1)N[N+](=O)[O-]. The molecule has 24 heavy (non-hydrogen) atoms. The molecular formula is C14H19N5O5. The fraction of sp³-hybridized carbons (Fsp3) is 0.357. The summed E-state index contributed by atoms with van der Waals surface area (Å²) in [5, 5.41) is 11.7. The third kappa shape index (κ3) is 8.32. The summed E-state index contributed by atoms with van der Waals surface area (Å²) in [7, 11) is 0. The van der Waals surface area contributed by atoms with Crippen LogP contribution in [0.15, 0.2) is 35.3 Å². The van der Waals surface area contributed by atoms with Crippen LogP contribution in [0.5, 0.6) is 0 Å². The first-order chi connectivity index (χ1) is 11.5. The van der Waals surface area contributed by atoms with Crippen LogP contribution in [0.1, 0.15) is 18.4 Å². The number of aliphatic imine (C=N–C) groups is 1. The molecule has 0 spiro atoms. The van der Waals surface area contributed by atoms with E-state index >= 15 is 0 Å². The third-order valence-electron chi connectivity index (χ3n) is 2.84. The minimum atomic E-state index is -0.822. The van der Waals surface area contributed by atoms with Crippen LogP contribution < -0.4 is 16.5 Å². The molecular weight excluding hydrogens is 318 g/mol. The van der Waals surface area contributed by atoms with Crippen molar-refractivity contribution in [2.45, 2.75) is 25.5 Å². The zero-order valence-corrected chi connectivity index (χ0v) is 12.9. The van der Waals surface area contributed by atoms with Gasteiger partial charge in [-0.3, -0.25) is 0 Å². The van der Waals surface area contributed by atoms with Crippen LogP contribution in [0.3, 0.4) is 0 Å². The maximum atomic E-state index is 11.6. The lowest BCUT2D eigenvalue weighted by Gasteiger charge is -2.12. The summed E-state index contributed by atoms with van der Waals surface area (Å²) >= 11 is 0. The number of nitro groups is 1. The zero-order valence-electron chi connectivity index (χ0n) is 12.9. The second-order valence-electron chi connectivity index (χ2n) is 4.73. The lowest BCUT2D eigenvalue weighted by atomic mass is 10.2. The number of carbonyl (C=O) groups is 2. The van der Waals surface area contributed by atoms with Crippen LogP contribution in [0.25, 0.3) is 0 Å². The molecule has 4 N–H and O–H groups in total.